The van der Waals surface area contributed by atoms with Crippen molar-refractivity contribution >= 4 is 17.4 Å². The number of rotatable bonds is 1. The summed E-state index contributed by atoms with van der Waals surface area (Å²) >= 11 is 6.22. The van der Waals surface area contributed by atoms with Crippen LogP contribution in [0.5, 0.6) is 0 Å². The van der Waals surface area contributed by atoms with Gasteiger partial charge >= 0.3 is 0 Å². The fourth-order valence-electron chi connectivity index (χ4n) is 1.59. The average molecular weight is 244 g/mol. The Morgan fingerprint density at radius 1 is 1.19 bits per heavy atom. The van der Waals surface area contributed by atoms with Crippen molar-refractivity contribution in [3.63, 3.8) is 0 Å². The summed E-state index contributed by atoms with van der Waals surface area (Å²) in [6.45, 7) is 12.7. The van der Waals surface area contributed by atoms with Crippen LogP contribution in [0.3, 0.4) is 0 Å². The van der Waals surface area contributed by atoms with E-state index in [-0.39, 0.29) is 11.0 Å². The van der Waals surface area contributed by atoms with Gasteiger partial charge in [-0.3, -0.25) is 0 Å². The molecule has 0 fully saturated rings. The first-order valence-electron chi connectivity index (χ1n) is 5.56. The quantitative estimate of drug-likeness (QED) is 0.821. The van der Waals surface area contributed by atoms with E-state index in [9.17, 15) is 0 Å². The number of aromatic nitrogens is 2. The van der Waals surface area contributed by atoms with Gasteiger partial charge in [-0.15, -0.1) is 0 Å². The summed E-state index contributed by atoms with van der Waals surface area (Å²) < 4.78 is 1.80. The van der Waals surface area contributed by atoms with E-state index in [1.54, 1.807) is 4.68 Å². The molecule has 3 nitrogen and oxygen atoms in total. The van der Waals surface area contributed by atoms with Gasteiger partial charge < -0.3 is 5.73 Å². The van der Waals surface area contributed by atoms with Gasteiger partial charge in [-0.2, -0.15) is 5.10 Å². The van der Waals surface area contributed by atoms with E-state index in [0.717, 1.165) is 12.1 Å². The molecule has 0 aliphatic carbocycles. The predicted molar refractivity (Wildman–Crippen MR) is 69.8 cm³/mol. The van der Waals surface area contributed by atoms with Gasteiger partial charge in [0.25, 0.3) is 0 Å². The highest BCUT2D eigenvalue weighted by Crippen LogP contribution is 2.32. The monoisotopic (exact) mass is 243 g/mol. The van der Waals surface area contributed by atoms with Gasteiger partial charge in [0.2, 0.25) is 0 Å². The van der Waals surface area contributed by atoms with Crippen molar-refractivity contribution in [3.05, 3.63) is 10.7 Å². The molecule has 1 aromatic rings. The highest BCUT2D eigenvalue weighted by atomic mass is 35.5. The second-order valence-corrected chi connectivity index (χ2v) is 6.84. The fraction of sp³-hybridized carbons (Fsp3) is 0.750. The molecule has 0 saturated heterocycles. The Morgan fingerprint density at radius 3 is 2.00 bits per heavy atom. The van der Waals surface area contributed by atoms with Crippen LogP contribution >= 0.6 is 11.6 Å². The van der Waals surface area contributed by atoms with Gasteiger partial charge in [0.15, 0.2) is 0 Å². The SMILES string of the molecule is CC(C)(C)Cc1nn(C(C)(C)C)c(N)c1Cl. The highest BCUT2D eigenvalue weighted by Gasteiger charge is 2.24. The first-order valence-corrected chi connectivity index (χ1v) is 5.93. The van der Waals surface area contributed by atoms with Crippen LogP contribution in [0.2, 0.25) is 5.02 Å². The summed E-state index contributed by atoms with van der Waals surface area (Å²) in [4.78, 5) is 0. The molecule has 1 aromatic heterocycles. The largest absolute Gasteiger partial charge is 0.383 e. The number of hydrogen-bond donors (Lipinski definition) is 1. The van der Waals surface area contributed by atoms with Gasteiger partial charge in [-0.25, -0.2) is 4.68 Å². The molecule has 4 heteroatoms. The Hall–Kier alpha value is -0.700. The molecule has 0 radical (unpaired) electrons. The lowest BCUT2D eigenvalue weighted by Crippen LogP contribution is -2.25. The highest BCUT2D eigenvalue weighted by molar-refractivity contribution is 6.33. The first kappa shape index (κ1) is 13.4. The number of nitrogens with zero attached hydrogens (tertiary/aromatic N) is 2. The summed E-state index contributed by atoms with van der Waals surface area (Å²) in [6, 6.07) is 0. The van der Waals surface area contributed by atoms with E-state index in [1.807, 2.05) is 0 Å². The summed E-state index contributed by atoms with van der Waals surface area (Å²) in [5.74, 6) is 0.563. The standard InChI is InChI=1S/C12H22ClN3/c1-11(2,3)7-8-9(13)10(14)16(15-8)12(4,5)6/h7,14H2,1-6H3. The molecular formula is C12H22ClN3. The second-order valence-electron chi connectivity index (χ2n) is 6.47. The minimum atomic E-state index is -0.135. The van der Waals surface area contributed by atoms with Gasteiger partial charge in [-0.1, -0.05) is 32.4 Å². The van der Waals surface area contributed by atoms with E-state index in [4.69, 9.17) is 17.3 Å². The van der Waals surface area contributed by atoms with Crippen molar-refractivity contribution in [1.82, 2.24) is 9.78 Å². The number of anilines is 1. The van der Waals surface area contributed by atoms with Gasteiger partial charge in [0, 0.05) is 0 Å². The summed E-state index contributed by atoms with van der Waals surface area (Å²) in [5.41, 5.74) is 6.89. The molecule has 1 rings (SSSR count). The van der Waals surface area contributed by atoms with Crippen molar-refractivity contribution < 1.29 is 0 Å². The summed E-state index contributed by atoms with van der Waals surface area (Å²) in [5, 5.41) is 5.13. The van der Waals surface area contributed by atoms with Crippen LogP contribution in [0.4, 0.5) is 5.82 Å². The van der Waals surface area contributed by atoms with Crippen molar-refractivity contribution in [2.45, 2.75) is 53.5 Å². The molecule has 0 saturated carbocycles. The third kappa shape index (κ3) is 2.91. The Labute approximate surface area is 103 Å². The molecule has 92 valence electrons. The van der Waals surface area contributed by atoms with E-state index in [2.05, 4.69) is 46.6 Å². The minimum absolute atomic E-state index is 0.135. The van der Waals surface area contributed by atoms with E-state index < -0.39 is 0 Å². The van der Waals surface area contributed by atoms with E-state index in [0.29, 0.717) is 10.8 Å². The third-order valence-electron chi connectivity index (χ3n) is 2.26. The second kappa shape index (κ2) is 3.95. The molecular weight excluding hydrogens is 222 g/mol. The van der Waals surface area contributed by atoms with Crippen LogP contribution in [-0.4, -0.2) is 9.78 Å². The predicted octanol–water partition coefficient (Wildman–Crippen LogP) is 3.46. The summed E-state index contributed by atoms with van der Waals surface area (Å²) in [6.07, 6.45) is 0.832. The third-order valence-corrected chi connectivity index (χ3v) is 2.67. The normalized spacial score (nSPS) is 13.2. The van der Waals surface area contributed by atoms with Gasteiger partial charge in [0.1, 0.15) is 10.8 Å². The van der Waals surface area contributed by atoms with Gasteiger partial charge in [-0.05, 0) is 32.6 Å². The first-order chi connectivity index (χ1) is 7.02. The van der Waals surface area contributed by atoms with Crippen molar-refractivity contribution in [1.29, 1.82) is 0 Å². The van der Waals surface area contributed by atoms with E-state index >= 15 is 0 Å². The Balaban J connectivity index is 3.16. The number of hydrogen-bond acceptors (Lipinski definition) is 2. The van der Waals surface area contributed by atoms with Gasteiger partial charge in [0.05, 0.1) is 11.2 Å². The van der Waals surface area contributed by atoms with Crippen LogP contribution < -0.4 is 5.73 Å². The topological polar surface area (TPSA) is 43.8 Å². The smallest absolute Gasteiger partial charge is 0.141 e. The molecule has 0 atom stereocenters. The zero-order valence-electron chi connectivity index (χ0n) is 11.1. The Morgan fingerprint density at radius 2 is 1.69 bits per heavy atom. The maximum Gasteiger partial charge on any atom is 0.141 e. The Bertz CT molecular complexity index is 380. The van der Waals surface area contributed by atoms with Crippen LogP contribution in [0.1, 0.15) is 47.2 Å². The molecule has 0 aliphatic heterocycles. The number of nitrogen functional groups attached to an aromatic ring is 1. The molecule has 16 heavy (non-hydrogen) atoms. The van der Waals surface area contributed by atoms with Crippen molar-refractivity contribution in [3.8, 4) is 0 Å². The fourth-order valence-corrected chi connectivity index (χ4v) is 1.77. The lowest BCUT2D eigenvalue weighted by molar-refractivity contribution is 0.350. The molecule has 0 aliphatic rings. The molecule has 0 spiro atoms. The molecule has 0 aromatic carbocycles. The Kier molecular flexibility index (Phi) is 3.30. The maximum atomic E-state index is 6.22. The number of nitrogens with two attached hydrogens (primary N) is 1. The summed E-state index contributed by atoms with van der Waals surface area (Å²) in [7, 11) is 0. The van der Waals surface area contributed by atoms with Crippen LogP contribution in [0.25, 0.3) is 0 Å². The van der Waals surface area contributed by atoms with Crippen LogP contribution in [-0.2, 0) is 12.0 Å². The van der Waals surface area contributed by atoms with Crippen LogP contribution in [0, 0.1) is 5.41 Å². The molecule has 0 unspecified atom stereocenters. The molecule has 1 heterocycles. The molecule has 0 amide bonds. The van der Waals surface area contributed by atoms with E-state index in [1.165, 1.54) is 0 Å². The molecule has 2 N–H and O–H groups in total. The zero-order chi connectivity index (χ0) is 12.7. The zero-order valence-corrected chi connectivity index (χ0v) is 11.8. The average Bonchev–Trinajstić information content (AvgIpc) is 2.28. The lowest BCUT2D eigenvalue weighted by Gasteiger charge is -2.21. The minimum Gasteiger partial charge on any atom is -0.383 e. The maximum absolute atomic E-state index is 6.22. The number of halogens is 1. The lowest BCUT2D eigenvalue weighted by atomic mass is 9.91. The van der Waals surface area contributed by atoms with Crippen molar-refractivity contribution in [2.24, 2.45) is 5.41 Å². The molecule has 0 bridgehead atoms. The van der Waals surface area contributed by atoms with Crippen molar-refractivity contribution in [2.75, 3.05) is 5.73 Å². The van der Waals surface area contributed by atoms with Crippen LogP contribution in [0.15, 0.2) is 0 Å².